The Morgan fingerprint density at radius 2 is 1.83 bits per heavy atom. The predicted octanol–water partition coefficient (Wildman–Crippen LogP) is 4.68. The highest BCUT2D eigenvalue weighted by molar-refractivity contribution is 7.99. The van der Waals surface area contributed by atoms with Crippen molar-refractivity contribution >= 4 is 23.1 Å². The Kier molecular flexibility index (Phi) is 5.49. The van der Waals surface area contributed by atoms with E-state index in [1.54, 1.807) is 0 Å². The van der Waals surface area contributed by atoms with Crippen molar-refractivity contribution in [1.82, 2.24) is 4.90 Å². The fraction of sp³-hybridized carbons (Fsp3) is 0.400. The van der Waals surface area contributed by atoms with Gasteiger partial charge in [-0.25, -0.2) is 0 Å². The summed E-state index contributed by atoms with van der Waals surface area (Å²) in [6.07, 6.45) is 1.45. The Morgan fingerprint density at radius 3 is 2.58 bits per heavy atom. The number of fused-ring (bicyclic) bond motifs is 2. The molecule has 1 N–H and O–H groups in total. The molecule has 0 spiro atoms. The fourth-order valence-electron chi connectivity index (χ4n) is 3.08. The van der Waals surface area contributed by atoms with Crippen molar-refractivity contribution in [3.63, 3.8) is 0 Å². The lowest BCUT2D eigenvalue weighted by Crippen LogP contribution is -2.25. The molecule has 0 aliphatic carbocycles. The Balaban J connectivity index is 1.96. The predicted molar refractivity (Wildman–Crippen MR) is 102 cm³/mol. The minimum Gasteiger partial charge on any atom is -0.388 e. The first-order valence-electron chi connectivity index (χ1n) is 8.61. The molecule has 2 aromatic carbocycles. The first kappa shape index (κ1) is 17.3. The lowest BCUT2D eigenvalue weighted by molar-refractivity contribution is 0.173. The molecule has 3 rings (SSSR count). The summed E-state index contributed by atoms with van der Waals surface area (Å²) < 4.78 is 0. The number of aliphatic hydroxyl groups is 1. The van der Waals surface area contributed by atoms with Crippen LogP contribution in [0.2, 0.25) is 0 Å². The van der Waals surface area contributed by atoms with Gasteiger partial charge in [0.25, 0.3) is 0 Å². The van der Waals surface area contributed by atoms with Crippen LogP contribution in [0.15, 0.2) is 52.3 Å². The van der Waals surface area contributed by atoms with E-state index in [4.69, 9.17) is 0 Å². The second kappa shape index (κ2) is 7.60. The van der Waals surface area contributed by atoms with Gasteiger partial charge in [0, 0.05) is 16.3 Å². The van der Waals surface area contributed by atoms with E-state index in [9.17, 15) is 5.11 Å². The van der Waals surface area contributed by atoms with Gasteiger partial charge in [0.1, 0.15) is 0 Å². The Labute approximate surface area is 149 Å². The maximum absolute atomic E-state index is 10.2. The molecule has 0 fully saturated rings. The maximum Gasteiger partial charge on any atom is 0.0788 e. The quantitative estimate of drug-likeness (QED) is 0.824. The molecule has 128 valence electrons. The zero-order valence-corrected chi connectivity index (χ0v) is 15.5. The third-order valence-corrected chi connectivity index (χ3v) is 5.54. The SMILES string of the molecule is CCC(O)c1ccc2c(c1)N(CCCN(C)C)c1ccccc1S2. The molecule has 3 nitrogen and oxygen atoms in total. The molecular formula is C20H26N2OS. The number of rotatable bonds is 6. The van der Waals surface area contributed by atoms with Crippen LogP contribution < -0.4 is 4.90 Å². The average Bonchev–Trinajstić information content (AvgIpc) is 2.59. The number of anilines is 2. The standard InChI is InChI=1S/C20H26N2OS/c1-4-18(23)15-10-11-20-17(14-15)22(13-7-12-21(2)3)16-8-5-6-9-19(16)24-20/h5-6,8-11,14,18,23H,4,7,12-13H2,1-3H3. The Morgan fingerprint density at radius 1 is 1.08 bits per heavy atom. The molecule has 1 aliphatic rings. The molecule has 0 aromatic heterocycles. The summed E-state index contributed by atoms with van der Waals surface area (Å²) in [5.74, 6) is 0. The molecule has 0 amide bonds. The zero-order chi connectivity index (χ0) is 17.1. The minimum atomic E-state index is -0.388. The summed E-state index contributed by atoms with van der Waals surface area (Å²) in [5, 5.41) is 10.2. The van der Waals surface area contributed by atoms with Crippen LogP contribution in [0.5, 0.6) is 0 Å². The van der Waals surface area contributed by atoms with Crippen molar-refractivity contribution in [2.75, 3.05) is 32.1 Å². The molecule has 1 unspecified atom stereocenters. The van der Waals surface area contributed by atoms with Gasteiger partial charge in [-0.1, -0.05) is 36.9 Å². The van der Waals surface area contributed by atoms with Gasteiger partial charge >= 0.3 is 0 Å². The third-order valence-electron chi connectivity index (χ3n) is 4.41. The summed E-state index contributed by atoms with van der Waals surface area (Å²) in [7, 11) is 4.23. The van der Waals surface area contributed by atoms with Gasteiger partial charge in [0.05, 0.1) is 17.5 Å². The molecule has 0 saturated carbocycles. The van der Waals surface area contributed by atoms with E-state index in [1.807, 2.05) is 18.7 Å². The molecule has 0 saturated heterocycles. The molecular weight excluding hydrogens is 316 g/mol. The van der Waals surface area contributed by atoms with Crippen molar-refractivity contribution in [1.29, 1.82) is 0 Å². The summed E-state index contributed by atoms with van der Waals surface area (Å²) in [6.45, 7) is 4.07. The van der Waals surface area contributed by atoms with Gasteiger partial charge in [0.2, 0.25) is 0 Å². The van der Waals surface area contributed by atoms with E-state index < -0.39 is 0 Å². The lowest BCUT2D eigenvalue weighted by atomic mass is 10.1. The van der Waals surface area contributed by atoms with Gasteiger partial charge in [-0.3, -0.25) is 0 Å². The molecule has 4 heteroatoms. The first-order valence-corrected chi connectivity index (χ1v) is 9.43. The number of benzene rings is 2. The molecule has 0 bridgehead atoms. The van der Waals surface area contributed by atoms with Crippen LogP contribution in [0.25, 0.3) is 0 Å². The van der Waals surface area contributed by atoms with E-state index >= 15 is 0 Å². The van der Waals surface area contributed by atoms with Crippen LogP contribution >= 0.6 is 11.8 Å². The zero-order valence-electron chi connectivity index (χ0n) is 14.7. The average molecular weight is 343 g/mol. The number of para-hydroxylation sites is 1. The Bertz CT molecular complexity index is 702. The van der Waals surface area contributed by atoms with E-state index in [0.717, 1.165) is 31.5 Å². The van der Waals surface area contributed by atoms with Gasteiger partial charge < -0.3 is 14.9 Å². The van der Waals surface area contributed by atoms with Gasteiger partial charge in [-0.2, -0.15) is 0 Å². The van der Waals surface area contributed by atoms with Crippen molar-refractivity contribution in [2.24, 2.45) is 0 Å². The number of aliphatic hydroxyl groups excluding tert-OH is 1. The first-order chi connectivity index (χ1) is 11.6. The van der Waals surface area contributed by atoms with Crippen molar-refractivity contribution in [3.05, 3.63) is 48.0 Å². The number of nitrogens with zero attached hydrogens (tertiary/aromatic N) is 2. The van der Waals surface area contributed by atoms with Gasteiger partial charge in [-0.15, -0.1) is 0 Å². The molecule has 2 aromatic rings. The van der Waals surface area contributed by atoms with Crippen molar-refractivity contribution in [3.8, 4) is 0 Å². The van der Waals surface area contributed by atoms with E-state index in [1.165, 1.54) is 21.2 Å². The second-order valence-electron chi connectivity index (χ2n) is 6.53. The van der Waals surface area contributed by atoms with E-state index in [0.29, 0.717) is 0 Å². The third kappa shape index (κ3) is 3.61. The summed E-state index contributed by atoms with van der Waals surface area (Å²) in [5.41, 5.74) is 3.51. The summed E-state index contributed by atoms with van der Waals surface area (Å²) in [6, 6.07) is 15.0. The maximum atomic E-state index is 10.2. The highest BCUT2D eigenvalue weighted by atomic mass is 32.2. The van der Waals surface area contributed by atoms with Gasteiger partial charge in [-0.05, 0) is 63.3 Å². The lowest BCUT2D eigenvalue weighted by Gasteiger charge is -2.33. The monoisotopic (exact) mass is 342 g/mol. The minimum absolute atomic E-state index is 0.388. The molecule has 1 aliphatic heterocycles. The summed E-state index contributed by atoms with van der Waals surface area (Å²) in [4.78, 5) is 7.21. The van der Waals surface area contributed by atoms with Crippen LogP contribution in [0, 0.1) is 0 Å². The molecule has 24 heavy (non-hydrogen) atoms. The van der Waals surface area contributed by atoms with Crippen LogP contribution in [0.4, 0.5) is 11.4 Å². The normalized spacial score (nSPS) is 14.5. The number of hydrogen-bond donors (Lipinski definition) is 1. The number of hydrogen-bond acceptors (Lipinski definition) is 4. The highest BCUT2D eigenvalue weighted by Gasteiger charge is 2.23. The molecule has 0 radical (unpaired) electrons. The van der Waals surface area contributed by atoms with Crippen LogP contribution in [0.3, 0.4) is 0 Å². The molecule has 1 atom stereocenters. The molecule has 1 heterocycles. The Hall–Kier alpha value is -1.49. The van der Waals surface area contributed by atoms with Crippen molar-refractivity contribution < 1.29 is 5.11 Å². The fourth-order valence-corrected chi connectivity index (χ4v) is 4.15. The van der Waals surface area contributed by atoms with E-state index in [2.05, 4.69) is 66.4 Å². The summed E-state index contributed by atoms with van der Waals surface area (Å²) >= 11 is 1.82. The van der Waals surface area contributed by atoms with Crippen LogP contribution in [-0.2, 0) is 0 Å². The smallest absolute Gasteiger partial charge is 0.0788 e. The highest BCUT2D eigenvalue weighted by Crippen LogP contribution is 2.48. The van der Waals surface area contributed by atoms with Crippen LogP contribution in [0.1, 0.15) is 31.4 Å². The van der Waals surface area contributed by atoms with Crippen LogP contribution in [-0.4, -0.2) is 37.2 Å². The largest absolute Gasteiger partial charge is 0.388 e. The second-order valence-corrected chi connectivity index (χ2v) is 7.61. The van der Waals surface area contributed by atoms with E-state index in [-0.39, 0.29) is 6.10 Å². The topological polar surface area (TPSA) is 26.7 Å². The van der Waals surface area contributed by atoms with Gasteiger partial charge in [0.15, 0.2) is 0 Å². The van der Waals surface area contributed by atoms with Crippen molar-refractivity contribution in [2.45, 2.75) is 35.7 Å².